The molecule has 7 nitrogen and oxygen atoms in total. The van der Waals surface area contributed by atoms with Gasteiger partial charge in [-0.2, -0.15) is 5.10 Å². The number of nitrogens with one attached hydrogen (secondary N) is 1. The second-order valence-electron chi connectivity index (χ2n) is 6.39. The highest BCUT2D eigenvalue weighted by Crippen LogP contribution is 2.25. The lowest BCUT2D eigenvalue weighted by Gasteiger charge is -2.16. The van der Waals surface area contributed by atoms with Crippen LogP contribution in [-0.4, -0.2) is 32.0 Å². The highest BCUT2D eigenvalue weighted by molar-refractivity contribution is 5.98. The SMILES string of the molecule is Cc1cnc(-c2cnn(C)c2C(=O)NC(C)c2ccc(OC(F)(F)F)cc2)cn1. The predicted molar refractivity (Wildman–Crippen MR) is 98.0 cm³/mol. The zero-order chi connectivity index (χ0) is 21.2. The number of hydrogen-bond donors (Lipinski definition) is 1. The molecule has 1 aromatic carbocycles. The van der Waals surface area contributed by atoms with Gasteiger partial charge in [0.15, 0.2) is 0 Å². The molecule has 3 aromatic rings. The number of nitrogens with zero attached hydrogens (tertiary/aromatic N) is 4. The molecule has 1 unspecified atom stereocenters. The van der Waals surface area contributed by atoms with Crippen LogP contribution in [0.15, 0.2) is 42.9 Å². The van der Waals surface area contributed by atoms with Crippen molar-refractivity contribution in [1.29, 1.82) is 0 Å². The molecular formula is C19H18F3N5O2. The van der Waals surface area contributed by atoms with Gasteiger partial charge in [-0.15, -0.1) is 13.2 Å². The van der Waals surface area contributed by atoms with Crippen molar-refractivity contribution in [3.05, 3.63) is 59.8 Å². The van der Waals surface area contributed by atoms with Gasteiger partial charge in [-0.25, -0.2) is 0 Å². The van der Waals surface area contributed by atoms with Crippen LogP contribution >= 0.6 is 0 Å². The number of aromatic nitrogens is 4. The molecule has 0 saturated carbocycles. The van der Waals surface area contributed by atoms with E-state index in [-0.39, 0.29) is 5.75 Å². The Balaban J connectivity index is 1.77. The molecule has 10 heteroatoms. The average molecular weight is 405 g/mol. The third-order valence-electron chi connectivity index (χ3n) is 4.17. The van der Waals surface area contributed by atoms with Crippen molar-refractivity contribution in [2.24, 2.45) is 7.05 Å². The summed E-state index contributed by atoms with van der Waals surface area (Å²) in [4.78, 5) is 21.3. The topological polar surface area (TPSA) is 81.9 Å². The summed E-state index contributed by atoms with van der Waals surface area (Å²) in [7, 11) is 1.63. The van der Waals surface area contributed by atoms with Crippen LogP contribution in [-0.2, 0) is 7.05 Å². The molecule has 0 saturated heterocycles. The van der Waals surface area contributed by atoms with Gasteiger partial charge in [0.05, 0.1) is 35.4 Å². The highest BCUT2D eigenvalue weighted by atomic mass is 19.4. The van der Waals surface area contributed by atoms with E-state index in [1.165, 1.54) is 35.1 Å². The minimum Gasteiger partial charge on any atom is -0.406 e. The van der Waals surface area contributed by atoms with Crippen LogP contribution < -0.4 is 10.1 Å². The Labute approximate surface area is 164 Å². The van der Waals surface area contributed by atoms with E-state index >= 15 is 0 Å². The number of amides is 1. The number of hydrogen-bond acceptors (Lipinski definition) is 5. The molecule has 0 aliphatic rings. The van der Waals surface area contributed by atoms with Crippen molar-refractivity contribution >= 4 is 5.91 Å². The van der Waals surface area contributed by atoms with Crippen LogP contribution in [0.5, 0.6) is 5.75 Å². The molecule has 0 bridgehead atoms. The summed E-state index contributed by atoms with van der Waals surface area (Å²) >= 11 is 0. The Hall–Kier alpha value is -3.43. The zero-order valence-electron chi connectivity index (χ0n) is 15.9. The van der Waals surface area contributed by atoms with Crippen LogP contribution in [0.3, 0.4) is 0 Å². The fourth-order valence-electron chi connectivity index (χ4n) is 2.73. The number of aryl methyl sites for hydroxylation is 2. The van der Waals surface area contributed by atoms with E-state index in [2.05, 4.69) is 25.1 Å². The normalized spacial score (nSPS) is 12.5. The van der Waals surface area contributed by atoms with E-state index in [0.29, 0.717) is 22.5 Å². The maximum absolute atomic E-state index is 12.8. The molecule has 2 heterocycles. The molecule has 1 amide bonds. The van der Waals surface area contributed by atoms with Crippen molar-refractivity contribution in [3.63, 3.8) is 0 Å². The molecular weight excluding hydrogens is 387 g/mol. The molecule has 0 radical (unpaired) electrons. The van der Waals surface area contributed by atoms with Gasteiger partial charge < -0.3 is 10.1 Å². The van der Waals surface area contributed by atoms with E-state index in [1.807, 2.05) is 0 Å². The minimum atomic E-state index is -4.75. The van der Waals surface area contributed by atoms with E-state index in [4.69, 9.17) is 0 Å². The summed E-state index contributed by atoms with van der Waals surface area (Å²) in [6.07, 6.45) is -0.0680. The lowest BCUT2D eigenvalue weighted by molar-refractivity contribution is -0.274. The molecule has 0 fully saturated rings. The van der Waals surface area contributed by atoms with E-state index in [9.17, 15) is 18.0 Å². The van der Waals surface area contributed by atoms with Gasteiger partial charge >= 0.3 is 6.36 Å². The van der Waals surface area contributed by atoms with Crippen molar-refractivity contribution in [1.82, 2.24) is 25.1 Å². The van der Waals surface area contributed by atoms with Gasteiger partial charge in [0.1, 0.15) is 11.4 Å². The Bertz CT molecular complexity index is 998. The lowest BCUT2D eigenvalue weighted by atomic mass is 10.1. The number of halogens is 3. The minimum absolute atomic E-state index is 0.298. The van der Waals surface area contributed by atoms with Gasteiger partial charge in [0.25, 0.3) is 5.91 Å². The molecule has 0 aliphatic heterocycles. The monoisotopic (exact) mass is 405 g/mol. The summed E-state index contributed by atoms with van der Waals surface area (Å²) < 4.78 is 42.1. The fourth-order valence-corrected chi connectivity index (χ4v) is 2.73. The first-order valence-corrected chi connectivity index (χ1v) is 8.61. The highest BCUT2D eigenvalue weighted by Gasteiger charge is 2.31. The maximum atomic E-state index is 12.8. The number of benzene rings is 1. The van der Waals surface area contributed by atoms with Crippen LogP contribution in [0.4, 0.5) is 13.2 Å². The smallest absolute Gasteiger partial charge is 0.406 e. The average Bonchev–Trinajstić information content (AvgIpc) is 3.03. The first-order chi connectivity index (χ1) is 13.6. The number of ether oxygens (including phenoxy) is 1. The van der Waals surface area contributed by atoms with Crippen molar-refractivity contribution in [2.75, 3.05) is 0 Å². The molecule has 29 heavy (non-hydrogen) atoms. The molecule has 1 N–H and O–H groups in total. The summed E-state index contributed by atoms with van der Waals surface area (Å²) in [5.74, 6) is -0.725. The standard InChI is InChI=1S/C19H18F3N5O2/c1-11-8-24-16(10-23-11)15-9-25-27(3)17(15)18(28)26-12(2)13-4-6-14(7-5-13)29-19(20,21)22/h4-10,12H,1-3H3,(H,26,28). The molecule has 3 rings (SSSR count). The predicted octanol–water partition coefficient (Wildman–Crippen LogP) is 3.58. The van der Waals surface area contributed by atoms with Gasteiger partial charge in [0, 0.05) is 13.2 Å². The third kappa shape index (κ3) is 4.89. The zero-order valence-corrected chi connectivity index (χ0v) is 15.9. The van der Waals surface area contributed by atoms with Crippen molar-refractivity contribution in [3.8, 4) is 17.0 Å². The Kier molecular flexibility index (Phi) is 5.53. The van der Waals surface area contributed by atoms with Gasteiger partial charge in [-0.05, 0) is 31.5 Å². The quantitative estimate of drug-likeness (QED) is 0.702. The second-order valence-corrected chi connectivity index (χ2v) is 6.39. The second kappa shape index (κ2) is 7.90. The van der Waals surface area contributed by atoms with Gasteiger partial charge in [0.2, 0.25) is 0 Å². The molecule has 2 aromatic heterocycles. The first-order valence-electron chi connectivity index (χ1n) is 8.61. The molecule has 0 aliphatic carbocycles. The Morgan fingerprint density at radius 2 is 1.83 bits per heavy atom. The summed E-state index contributed by atoms with van der Waals surface area (Å²) in [6, 6.07) is 4.85. The van der Waals surface area contributed by atoms with Gasteiger partial charge in [-0.3, -0.25) is 19.4 Å². The van der Waals surface area contributed by atoms with E-state index < -0.39 is 18.3 Å². The number of carbonyl (C=O) groups is 1. The lowest BCUT2D eigenvalue weighted by Crippen LogP contribution is -2.29. The van der Waals surface area contributed by atoms with Crippen molar-refractivity contribution in [2.45, 2.75) is 26.3 Å². The van der Waals surface area contributed by atoms with Crippen LogP contribution in [0, 0.1) is 6.92 Å². The number of alkyl halides is 3. The summed E-state index contributed by atoms with van der Waals surface area (Å²) in [5, 5.41) is 6.94. The van der Waals surface area contributed by atoms with Crippen LogP contribution in [0.2, 0.25) is 0 Å². The van der Waals surface area contributed by atoms with E-state index in [1.54, 1.807) is 33.3 Å². The summed E-state index contributed by atoms with van der Waals surface area (Å²) in [6.45, 7) is 3.53. The van der Waals surface area contributed by atoms with Crippen molar-refractivity contribution < 1.29 is 22.7 Å². The van der Waals surface area contributed by atoms with Gasteiger partial charge in [-0.1, -0.05) is 12.1 Å². The molecule has 1 atom stereocenters. The number of rotatable bonds is 5. The van der Waals surface area contributed by atoms with E-state index in [0.717, 1.165) is 5.69 Å². The Morgan fingerprint density at radius 3 is 2.41 bits per heavy atom. The molecule has 152 valence electrons. The third-order valence-corrected chi connectivity index (χ3v) is 4.17. The maximum Gasteiger partial charge on any atom is 0.573 e. The largest absolute Gasteiger partial charge is 0.573 e. The van der Waals surface area contributed by atoms with Crippen LogP contribution in [0.1, 0.15) is 34.7 Å². The number of carbonyl (C=O) groups excluding carboxylic acids is 1. The Morgan fingerprint density at radius 1 is 1.14 bits per heavy atom. The fraction of sp³-hybridized carbons (Fsp3) is 0.263. The summed E-state index contributed by atoms with van der Waals surface area (Å²) in [5.41, 5.74) is 2.70. The molecule has 0 spiro atoms. The first kappa shape index (κ1) is 20.3. The van der Waals surface area contributed by atoms with Crippen LogP contribution in [0.25, 0.3) is 11.3 Å².